The summed E-state index contributed by atoms with van der Waals surface area (Å²) in [6.45, 7) is 0. The Bertz CT molecular complexity index is 435. The van der Waals surface area contributed by atoms with Crippen molar-refractivity contribution in [1.82, 2.24) is 0 Å². The van der Waals surface area contributed by atoms with E-state index in [-0.39, 0.29) is 12.0 Å². The van der Waals surface area contributed by atoms with Crippen LogP contribution < -0.4 is 10.5 Å². The largest absolute Gasteiger partial charge is 0.495 e. The van der Waals surface area contributed by atoms with Crippen LogP contribution in [0.3, 0.4) is 0 Å². The first kappa shape index (κ1) is 10.9. The van der Waals surface area contributed by atoms with Crippen LogP contribution in [0, 0.1) is 11.3 Å². The van der Waals surface area contributed by atoms with E-state index >= 15 is 0 Å². The molecule has 15 heavy (non-hydrogen) atoms. The summed E-state index contributed by atoms with van der Waals surface area (Å²) in [5, 5.41) is 17.4. The monoisotopic (exact) mass is 206 g/mol. The maximum absolute atomic E-state index is 10.5. The zero-order chi connectivity index (χ0) is 11.4. The number of aliphatic carboxylic acids is 1. The lowest BCUT2D eigenvalue weighted by Crippen LogP contribution is -2.04. The molecule has 0 atom stereocenters. The summed E-state index contributed by atoms with van der Waals surface area (Å²) in [7, 11) is 1.43. The number of nitriles is 1. The molecule has 0 aliphatic heterocycles. The number of carbonyl (C=O) groups is 1. The van der Waals surface area contributed by atoms with Crippen molar-refractivity contribution >= 4 is 11.7 Å². The first-order valence-electron chi connectivity index (χ1n) is 4.16. The molecule has 1 aromatic carbocycles. The number of hydrogen-bond acceptors (Lipinski definition) is 4. The molecule has 0 saturated heterocycles. The minimum Gasteiger partial charge on any atom is -0.495 e. The second-order valence-corrected chi connectivity index (χ2v) is 2.93. The van der Waals surface area contributed by atoms with Gasteiger partial charge in [0.05, 0.1) is 30.9 Å². The number of rotatable bonds is 3. The van der Waals surface area contributed by atoms with E-state index in [1.54, 1.807) is 0 Å². The van der Waals surface area contributed by atoms with Gasteiger partial charge in [0.2, 0.25) is 0 Å². The molecule has 0 heterocycles. The molecule has 78 valence electrons. The molecule has 0 unspecified atom stereocenters. The highest BCUT2D eigenvalue weighted by atomic mass is 16.5. The molecule has 1 aromatic rings. The van der Waals surface area contributed by atoms with Gasteiger partial charge in [-0.05, 0) is 17.7 Å². The molecule has 0 aliphatic rings. The Kier molecular flexibility index (Phi) is 3.13. The van der Waals surface area contributed by atoms with Gasteiger partial charge in [-0.25, -0.2) is 0 Å². The van der Waals surface area contributed by atoms with E-state index in [0.717, 1.165) is 0 Å². The fourth-order valence-corrected chi connectivity index (χ4v) is 1.23. The molecular formula is C10H10N2O3. The lowest BCUT2D eigenvalue weighted by Gasteiger charge is -2.07. The fourth-order valence-electron chi connectivity index (χ4n) is 1.23. The summed E-state index contributed by atoms with van der Waals surface area (Å²) in [5.74, 6) is -0.622. The van der Waals surface area contributed by atoms with E-state index in [2.05, 4.69) is 0 Å². The summed E-state index contributed by atoms with van der Waals surface area (Å²) in [6.07, 6.45) is -0.223. The predicted octanol–water partition coefficient (Wildman–Crippen LogP) is 0.776. The molecule has 0 bridgehead atoms. The molecule has 0 radical (unpaired) electrons. The number of ether oxygens (including phenoxy) is 1. The Hall–Kier alpha value is -2.22. The van der Waals surface area contributed by atoms with Crippen molar-refractivity contribution in [3.63, 3.8) is 0 Å². The maximum Gasteiger partial charge on any atom is 0.307 e. The van der Waals surface area contributed by atoms with Crippen molar-refractivity contribution in [3.8, 4) is 11.8 Å². The molecule has 3 N–H and O–H groups in total. The van der Waals surface area contributed by atoms with E-state index in [1.807, 2.05) is 6.07 Å². The topological polar surface area (TPSA) is 96.3 Å². The van der Waals surface area contributed by atoms with E-state index in [0.29, 0.717) is 17.0 Å². The van der Waals surface area contributed by atoms with Crippen LogP contribution in [-0.2, 0) is 11.2 Å². The van der Waals surface area contributed by atoms with Crippen LogP contribution in [0.25, 0.3) is 0 Å². The second-order valence-electron chi connectivity index (χ2n) is 2.93. The molecule has 0 fully saturated rings. The molecule has 5 nitrogen and oxygen atoms in total. The van der Waals surface area contributed by atoms with E-state index in [1.165, 1.54) is 19.2 Å². The van der Waals surface area contributed by atoms with Gasteiger partial charge in [-0.1, -0.05) is 0 Å². The van der Waals surface area contributed by atoms with E-state index in [4.69, 9.17) is 20.8 Å². The summed E-state index contributed by atoms with van der Waals surface area (Å²) >= 11 is 0. The van der Waals surface area contributed by atoms with Crippen molar-refractivity contribution in [2.45, 2.75) is 6.42 Å². The number of anilines is 1. The van der Waals surface area contributed by atoms with E-state index < -0.39 is 5.97 Å². The van der Waals surface area contributed by atoms with Gasteiger partial charge in [-0.15, -0.1) is 0 Å². The van der Waals surface area contributed by atoms with Gasteiger partial charge in [-0.2, -0.15) is 5.26 Å². The zero-order valence-corrected chi connectivity index (χ0v) is 8.15. The van der Waals surface area contributed by atoms with Crippen LogP contribution in [0.4, 0.5) is 5.69 Å². The molecular weight excluding hydrogens is 196 g/mol. The van der Waals surface area contributed by atoms with Gasteiger partial charge in [0.25, 0.3) is 0 Å². The summed E-state index contributed by atoms with van der Waals surface area (Å²) in [5.41, 5.74) is 6.57. The number of nitrogen functional groups attached to an aromatic ring is 1. The standard InChI is InChI=1S/C10H10N2O3/c1-15-9-3-6(4-10(13)14)7(5-11)2-8(9)12/h2-3H,4,12H2,1H3,(H,13,14). The summed E-state index contributed by atoms with van der Waals surface area (Å²) in [6, 6.07) is 4.78. The van der Waals surface area contributed by atoms with Crippen molar-refractivity contribution in [2.75, 3.05) is 12.8 Å². The molecule has 0 saturated carbocycles. The Morgan fingerprint density at radius 3 is 2.80 bits per heavy atom. The quantitative estimate of drug-likeness (QED) is 0.712. The number of methoxy groups -OCH3 is 1. The van der Waals surface area contributed by atoms with Crippen molar-refractivity contribution in [2.24, 2.45) is 0 Å². The zero-order valence-electron chi connectivity index (χ0n) is 8.15. The number of nitrogens with zero attached hydrogens (tertiary/aromatic N) is 1. The first-order chi connectivity index (χ1) is 7.08. The lowest BCUT2D eigenvalue weighted by molar-refractivity contribution is -0.136. The Balaban J connectivity index is 3.24. The SMILES string of the molecule is COc1cc(CC(=O)O)c(C#N)cc1N. The van der Waals surface area contributed by atoms with Gasteiger partial charge in [0.1, 0.15) is 5.75 Å². The van der Waals surface area contributed by atoms with Crippen molar-refractivity contribution in [3.05, 3.63) is 23.3 Å². The highest BCUT2D eigenvalue weighted by Crippen LogP contribution is 2.25. The third-order valence-electron chi connectivity index (χ3n) is 1.92. The number of benzene rings is 1. The molecule has 0 spiro atoms. The van der Waals surface area contributed by atoms with Gasteiger partial charge in [0.15, 0.2) is 0 Å². The van der Waals surface area contributed by atoms with Gasteiger partial charge < -0.3 is 15.6 Å². The average molecular weight is 206 g/mol. The number of nitrogens with two attached hydrogens (primary N) is 1. The van der Waals surface area contributed by atoms with Crippen LogP contribution >= 0.6 is 0 Å². The van der Waals surface area contributed by atoms with Crippen molar-refractivity contribution in [1.29, 1.82) is 5.26 Å². The molecule has 1 rings (SSSR count). The summed E-state index contributed by atoms with van der Waals surface area (Å²) < 4.78 is 4.94. The van der Waals surface area contributed by atoms with Crippen molar-refractivity contribution < 1.29 is 14.6 Å². The first-order valence-corrected chi connectivity index (χ1v) is 4.16. The molecule has 5 heteroatoms. The summed E-state index contributed by atoms with van der Waals surface area (Å²) in [4.78, 5) is 10.5. The average Bonchev–Trinajstić information content (AvgIpc) is 2.19. The predicted molar refractivity (Wildman–Crippen MR) is 53.5 cm³/mol. The number of hydrogen-bond donors (Lipinski definition) is 2. The third-order valence-corrected chi connectivity index (χ3v) is 1.92. The van der Waals surface area contributed by atoms with Crippen LogP contribution in [-0.4, -0.2) is 18.2 Å². The van der Waals surface area contributed by atoms with Crippen LogP contribution in [0.5, 0.6) is 5.75 Å². The molecule has 0 amide bonds. The highest BCUT2D eigenvalue weighted by molar-refractivity contribution is 5.73. The fraction of sp³-hybridized carbons (Fsp3) is 0.200. The van der Waals surface area contributed by atoms with Gasteiger partial charge >= 0.3 is 5.97 Å². The van der Waals surface area contributed by atoms with Gasteiger partial charge in [-0.3, -0.25) is 4.79 Å². The minimum absolute atomic E-state index is 0.223. The molecule has 0 aliphatic carbocycles. The highest BCUT2D eigenvalue weighted by Gasteiger charge is 2.10. The maximum atomic E-state index is 10.5. The third kappa shape index (κ3) is 2.38. The lowest BCUT2D eigenvalue weighted by atomic mass is 10.0. The van der Waals surface area contributed by atoms with Crippen LogP contribution in [0.2, 0.25) is 0 Å². The number of carboxylic acid groups (broad SMARTS) is 1. The smallest absolute Gasteiger partial charge is 0.307 e. The van der Waals surface area contributed by atoms with Crippen LogP contribution in [0.15, 0.2) is 12.1 Å². The molecule has 0 aromatic heterocycles. The van der Waals surface area contributed by atoms with E-state index in [9.17, 15) is 4.79 Å². The Morgan fingerprint density at radius 1 is 1.67 bits per heavy atom. The Labute approximate surface area is 86.7 Å². The minimum atomic E-state index is -1.00. The van der Waals surface area contributed by atoms with Crippen LogP contribution in [0.1, 0.15) is 11.1 Å². The number of carboxylic acids is 1. The normalized spacial score (nSPS) is 9.33. The van der Waals surface area contributed by atoms with Gasteiger partial charge in [0, 0.05) is 0 Å². The Morgan fingerprint density at radius 2 is 2.33 bits per heavy atom. The second kappa shape index (κ2) is 4.33.